The van der Waals surface area contributed by atoms with Gasteiger partial charge in [0.25, 0.3) is 0 Å². The Morgan fingerprint density at radius 3 is 1.00 bits per heavy atom. The summed E-state index contributed by atoms with van der Waals surface area (Å²) in [4.78, 5) is 0. The van der Waals surface area contributed by atoms with Crippen LogP contribution in [-0.2, 0) is 21.7 Å². The molecule has 0 fully saturated rings. The summed E-state index contributed by atoms with van der Waals surface area (Å²) >= 11 is 0. The van der Waals surface area contributed by atoms with Crippen molar-refractivity contribution in [2.24, 2.45) is 0 Å². The van der Waals surface area contributed by atoms with E-state index in [4.69, 9.17) is 10.2 Å². The summed E-state index contributed by atoms with van der Waals surface area (Å²) in [6.07, 6.45) is 6.65. The summed E-state index contributed by atoms with van der Waals surface area (Å²) in [5.74, 6) is 0. The topological polar surface area (TPSA) is 40.5 Å². The molecule has 5 heteroatoms. The molecule has 0 aliphatic heterocycles. The molecular weight excluding hydrogens is 271 g/mol. The smallest absolute Gasteiger partial charge is 1.00 e. The minimum atomic E-state index is 0. The second kappa shape index (κ2) is 36.2. The molecule has 0 amide bonds. The van der Waals surface area contributed by atoms with Gasteiger partial charge in [-0.25, -0.2) is 0 Å². The van der Waals surface area contributed by atoms with Gasteiger partial charge in [0.1, 0.15) is 0 Å². The molecule has 15 heavy (non-hydrogen) atoms. The summed E-state index contributed by atoms with van der Waals surface area (Å²) < 4.78 is 0. The Bertz CT molecular complexity index is 53.4. The second-order valence-electron chi connectivity index (χ2n) is 2.86. The number of halogens is 2. The van der Waals surface area contributed by atoms with Crippen LogP contribution in [0, 0.1) is 0 Å². The Balaban J connectivity index is -0.0000000370. The Hall–Kier alpha value is 1.21. The molecule has 0 saturated carbocycles. The van der Waals surface area contributed by atoms with Crippen molar-refractivity contribution in [2.75, 3.05) is 13.2 Å². The monoisotopic (exact) mass is 294 g/mol. The van der Waals surface area contributed by atoms with E-state index in [1.54, 1.807) is 0 Å². The Kier molecular flexibility index (Phi) is 72.0. The zero-order chi connectivity index (χ0) is 9.66. The summed E-state index contributed by atoms with van der Waals surface area (Å²) in [6.45, 7) is 4.95. The third-order valence-electron chi connectivity index (χ3n) is 1.52. The molecular formula is C10H24Cl2O2Ti. The van der Waals surface area contributed by atoms with Crippen LogP contribution in [0.5, 0.6) is 0 Å². The molecule has 2 nitrogen and oxygen atoms in total. The van der Waals surface area contributed by atoms with E-state index in [1.807, 2.05) is 0 Å². The first kappa shape index (κ1) is 29.8. The molecule has 0 aliphatic carbocycles. The van der Waals surface area contributed by atoms with Crippen LogP contribution in [0.3, 0.4) is 0 Å². The van der Waals surface area contributed by atoms with Gasteiger partial charge in [-0.3, -0.25) is 0 Å². The summed E-state index contributed by atoms with van der Waals surface area (Å²) in [6, 6.07) is 0. The van der Waals surface area contributed by atoms with Gasteiger partial charge in [0.05, 0.1) is 0 Å². The minimum Gasteiger partial charge on any atom is -1.00 e. The zero-order valence-corrected chi connectivity index (χ0v) is 12.9. The van der Waals surface area contributed by atoms with Crippen LogP contribution in [0.4, 0.5) is 0 Å². The quantitative estimate of drug-likeness (QED) is 0.392. The van der Waals surface area contributed by atoms with Gasteiger partial charge in [-0.2, -0.15) is 0 Å². The van der Waals surface area contributed by atoms with Gasteiger partial charge in [-0.1, -0.05) is 39.5 Å². The van der Waals surface area contributed by atoms with E-state index in [0.717, 1.165) is 25.7 Å². The Morgan fingerprint density at radius 2 is 0.933 bits per heavy atom. The Morgan fingerprint density at radius 1 is 0.667 bits per heavy atom. The molecule has 0 aromatic heterocycles. The third kappa shape index (κ3) is 51.0. The van der Waals surface area contributed by atoms with Crippen LogP contribution in [0.2, 0.25) is 0 Å². The molecule has 0 heterocycles. The molecule has 94 valence electrons. The standard InChI is InChI=1S/2C5H12O.2ClH.Ti/c2*1-2-3-4-5-6;;;/h2*6H,2-5H2,1H3;2*1H;/q;;;;+2/p-2. The van der Waals surface area contributed by atoms with Crippen molar-refractivity contribution in [3.05, 3.63) is 0 Å². The number of unbranched alkanes of at least 4 members (excludes halogenated alkanes) is 4. The summed E-state index contributed by atoms with van der Waals surface area (Å²) in [5.41, 5.74) is 0. The third-order valence-corrected chi connectivity index (χ3v) is 1.52. The Labute approximate surface area is 122 Å². The van der Waals surface area contributed by atoms with E-state index in [9.17, 15) is 0 Å². The van der Waals surface area contributed by atoms with E-state index in [0.29, 0.717) is 13.2 Å². The van der Waals surface area contributed by atoms with Gasteiger partial charge in [-0.15, -0.1) is 0 Å². The predicted octanol–water partition coefficient (Wildman–Crippen LogP) is -3.66. The van der Waals surface area contributed by atoms with Crippen molar-refractivity contribution in [1.29, 1.82) is 0 Å². The molecule has 0 aromatic carbocycles. The van der Waals surface area contributed by atoms with Crippen LogP contribution in [0.1, 0.15) is 52.4 Å². The fraction of sp³-hybridized carbons (Fsp3) is 1.00. The number of aliphatic hydroxyl groups excluding tert-OH is 2. The van der Waals surface area contributed by atoms with E-state index >= 15 is 0 Å². The van der Waals surface area contributed by atoms with Gasteiger partial charge < -0.3 is 35.0 Å². The predicted molar refractivity (Wildman–Crippen MR) is 53.2 cm³/mol. The maximum absolute atomic E-state index is 8.20. The SMILES string of the molecule is CCCCCO.CCCCCO.[Cl-].[Cl-].[Ti+2]. The molecule has 0 unspecified atom stereocenters. The van der Waals surface area contributed by atoms with Crippen LogP contribution < -0.4 is 24.8 Å². The number of aliphatic hydroxyl groups is 2. The molecule has 0 rings (SSSR count). The fourth-order valence-corrected chi connectivity index (χ4v) is 0.724. The summed E-state index contributed by atoms with van der Waals surface area (Å²) in [7, 11) is 0. The van der Waals surface area contributed by atoms with Crippen molar-refractivity contribution in [2.45, 2.75) is 52.4 Å². The van der Waals surface area contributed by atoms with E-state index in [1.165, 1.54) is 12.8 Å². The van der Waals surface area contributed by atoms with E-state index in [-0.39, 0.29) is 46.5 Å². The normalized spacial score (nSPS) is 7.20. The first-order chi connectivity index (χ1) is 5.83. The van der Waals surface area contributed by atoms with Crippen molar-refractivity contribution in [3.8, 4) is 0 Å². The van der Waals surface area contributed by atoms with Crippen LogP contribution in [-0.4, -0.2) is 23.4 Å². The maximum Gasteiger partial charge on any atom is 2.00 e. The second-order valence-corrected chi connectivity index (χ2v) is 2.86. The molecule has 0 atom stereocenters. The maximum atomic E-state index is 8.20. The average Bonchev–Trinajstić information content (AvgIpc) is 2.12. The van der Waals surface area contributed by atoms with Crippen LogP contribution in [0.25, 0.3) is 0 Å². The van der Waals surface area contributed by atoms with Gasteiger partial charge in [-0.05, 0) is 12.8 Å². The average molecular weight is 295 g/mol. The first-order valence-corrected chi connectivity index (χ1v) is 5.05. The van der Waals surface area contributed by atoms with Crippen LogP contribution >= 0.6 is 0 Å². The van der Waals surface area contributed by atoms with Crippen molar-refractivity contribution >= 4 is 0 Å². The molecule has 0 saturated heterocycles. The van der Waals surface area contributed by atoms with Gasteiger partial charge in [0.15, 0.2) is 0 Å². The molecule has 0 aliphatic rings. The van der Waals surface area contributed by atoms with Gasteiger partial charge >= 0.3 is 21.7 Å². The molecule has 0 radical (unpaired) electrons. The molecule has 2 N–H and O–H groups in total. The van der Waals surface area contributed by atoms with Gasteiger partial charge in [0.2, 0.25) is 0 Å². The molecule has 0 aromatic rings. The minimum absolute atomic E-state index is 0. The first-order valence-electron chi connectivity index (χ1n) is 5.05. The fourth-order valence-electron chi connectivity index (χ4n) is 0.724. The van der Waals surface area contributed by atoms with Gasteiger partial charge in [0, 0.05) is 13.2 Å². The largest absolute Gasteiger partial charge is 2.00 e. The summed E-state index contributed by atoms with van der Waals surface area (Å²) in [5, 5.41) is 16.4. The van der Waals surface area contributed by atoms with Crippen LogP contribution in [0.15, 0.2) is 0 Å². The van der Waals surface area contributed by atoms with E-state index in [2.05, 4.69) is 13.8 Å². The van der Waals surface area contributed by atoms with E-state index < -0.39 is 0 Å². The number of hydrogen-bond acceptors (Lipinski definition) is 2. The zero-order valence-electron chi connectivity index (χ0n) is 9.81. The number of rotatable bonds is 6. The number of hydrogen-bond donors (Lipinski definition) is 2. The van der Waals surface area contributed by atoms with Crippen molar-refractivity contribution < 1.29 is 56.7 Å². The van der Waals surface area contributed by atoms with Crippen molar-refractivity contribution in [3.63, 3.8) is 0 Å². The molecule has 0 bridgehead atoms. The molecule has 0 spiro atoms. The van der Waals surface area contributed by atoms with Crippen molar-refractivity contribution in [1.82, 2.24) is 0 Å².